The summed E-state index contributed by atoms with van der Waals surface area (Å²) in [4.78, 5) is 21.3. The highest BCUT2D eigenvalue weighted by Crippen LogP contribution is 2.35. The number of methoxy groups -OCH3 is 1. The van der Waals surface area contributed by atoms with Gasteiger partial charge in [0.1, 0.15) is 17.0 Å². The fraction of sp³-hybridized carbons (Fsp3) is 0.364. The molecule has 0 bridgehead atoms. The molecule has 6 nitrogen and oxygen atoms in total. The number of rotatable bonds is 9. The fourth-order valence-electron chi connectivity index (χ4n) is 3.09. The SMILES string of the molecule is CCOc1cccc2sc(N(CCC[NH+](C)C)C(=O)c3cccc(OC)c3)nc12. The molecule has 0 saturated heterocycles. The van der Waals surface area contributed by atoms with Crippen molar-refractivity contribution in [2.24, 2.45) is 0 Å². The Labute approximate surface area is 175 Å². The van der Waals surface area contributed by atoms with E-state index in [2.05, 4.69) is 14.1 Å². The van der Waals surface area contributed by atoms with E-state index < -0.39 is 0 Å². The minimum Gasteiger partial charge on any atom is -0.497 e. The zero-order valence-electron chi connectivity index (χ0n) is 17.4. The quantitative estimate of drug-likeness (QED) is 0.585. The predicted octanol–water partition coefficient (Wildman–Crippen LogP) is 2.89. The van der Waals surface area contributed by atoms with Crippen molar-refractivity contribution in [3.63, 3.8) is 0 Å². The first kappa shape index (κ1) is 21.1. The summed E-state index contributed by atoms with van der Waals surface area (Å²) in [5.41, 5.74) is 1.39. The Morgan fingerprint density at radius 2 is 2.00 bits per heavy atom. The number of fused-ring (bicyclic) bond motifs is 1. The van der Waals surface area contributed by atoms with Crippen LogP contribution in [0, 0.1) is 0 Å². The van der Waals surface area contributed by atoms with E-state index in [1.54, 1.807) is 18.1 Å². The van der Waals surface area contributed by atoms with Gasteiger partial charge in [0.2, 0.25) is 0 Å². The van der Waals surface area contributed by atoms with Gasteiger partial charge in [0.15, 0.2) is 5.13 Å². The molecule has 3 rings (SSSR count). The van der Waals surface area contributed by atoms with Crippen LogP contribution in [0.3, 0.4) is 0 Å². The van der Waals surface area contributed by atoms with Crippen molar-refractivity contribution in [1.29, 1.82) is 0 Å². The summed E-state index contributed by atoms with van der Waals surface area (Å²) in [6.45, 7) is 4.10. The summed E-state index contributed by atoms with van der Waals surface area (Å²) in [7, 11) is 5.82. The zero-order chi connectivity index (χ0) is 20.8. The second kappa shape index (κ2) is 9.71. The molecule has 0 radical (unpaired) electrons. The molecule has 0 fully saturated rings. The van der Waals surface area contributed by atoms with E-state index in [9.17, 15) is 4.79 Å². The molecular weight excluding hydrogens is 386 g/mol. The summed E-state index contributed by atoms with van der Waals surface area (Å²) < 4.78 is 12.0. The number of thiazole rings is 1. The normalized spacial score (nSPS) is 11.1. The maximum atomic E-state index is 13.4. The van der Waals surface area contributed by atoms with Crippen molar-refractivity contribution in [2.45, 2.75) is 13.3 Å². The molecule has 1 N–H and O–H groups in total. The van der Waals surface area contributed by atoms with Crippen LogP contribution in [0.1, 0.15) is 23.7 Å². The topological polar surface area (TPSA) is 56.1 Å². The second-order valence-electron chi connectivity index (χ2n) is 7.03. The van der Waals surface area contributed by atoms with Crippen molar-refractivity contribution in [3.8, 4) is 11.5 Å². The van der Waals surface area contributed by atoms with Crippen molar-refractivity contribution in [1.82, 2.24) is 4.98 Å². The van der Waals surface area contributed by atoms with Gasteiger partial charge in [0, 0.05) is 18.5 Å². The Balaban J connectivity index is 1.97. The third-order valence-corrected chi connectivity index (χ3v) is 5.57. The molecule has 1 aromatic heterocycles. The third-order valence-electron chi connectivity index (χ3n) is 4.52. The van der Waals surface area contributed by atoms with Gasteiger partial charge in [-0.05, 0) is 37.3 Å². The van der Waals surface area contributed by atoms with Crippen LogP contribution in [-0.2, 0) is 0 Å². The summed E-state index contributed by atoms with van der Waals surface area (Å²) >= 11 is 1.51. The van der Waals surface area contributed by atoms with Crippen LogP contribution in [0.15, 0.2) is 42.5 Å². The van der Waals surface area contributed by atoms with E-state index in [1.807, 2.05) is 43.3 Å². The molecule has 7 heteroatoms. The average molecular weight is 415 g/mol. The first-order chi connectivity index (χ1) is 14.0. The minimum atomic E-state index is -0.0744. The van der Waals surface area contributed by atoms with Crippen LogP contribution in [0.4, 0.5) is 5.13 Å². The summed E-state index contributed by atoms with van der Waals surface area (Å²) in [6.07, 6.45) is 0.881. The van der Waals surface area contributed by atoms with E-state index in [0.717, 1.165) is 28.9 Å². The maximum absolute atomic E-state index is 13.4. The van der Waals surface area contributed by atoms with Gasteiger partial charge in [-0.15, -0.1) is 0 Å². The minimum absolute atomic E-state index is 0.0744. The number of nitrogens with one attached hydrogen (secondary N) is 1. The average Bonchev–Trinajstić information content (AvgIpc) is 3.16. The Kier molecular flexibility index (Phi) is 7.06. The first-order valence-corrected chi connectivity index (χ1v) is 10.6. The molecule has 0 spiro atoms. The summed E-state index contributed by atoms with van der Waals surface area (Å²) in [5.74, 6) is 1.34. The molecule has 1 heterocycles. The maximum Gasteiger partial charge on any atom is 0.260 e. The number of benzene rings is 2. The first-order valence-electron chi connectivity index (χ1n) is 9.80. The zero-order valence-corrected chi connectivity index (χ0v) is 18.2. The van der Waals surface area contributed by atoms with E-state index in [4.69, 9.17) is 14.5 Å². The highest BCUT2D eigenvalue weighted by atomic mass is 32.1. The molecule has 2 aromatic carbocycles. The lowest BCUT2D eigenvalue weighted by Gasteiger charge is -2.20. The van der Waals surface area contributed by atoms with Gasteiger partial charge in [0.25, 0.3) is 5.91 Å². The van der Waals surface area contributed by atoms with Gasteiger partial charge in [-0.1, -0.05) is 23.5 Å². The summed E-state index contributed by atoms with van der Waals surface area (Å²) in [6, 6.07) is 13.1. The number of aromatic nitrogens is 1. The lowest BCUT2D eigenvalue weighted by molar-refractivity contribution is -0.858. The number of ether oxygens (including phenoxy) is 2. The van der Waals surface area contributed by atoms with Crippen LogP contribution >= 0.6 is 11.3 Å². The number of nitrogens with zero attached hydrogens (tertiary/aromatic N) is 2. The molecule has 29 heavy (non-hydrogen) atoms. The Bertz CT molecular complexity index is 971. The van der Waals surface area contributed by atoms with Gasteiger partial charge in [-0.25, -0.2) is 4.98 Å². The molecule has 3 aromatic rings. The number of quaternary nitrogens is 1. The van der Waals surface area contributed by atoms with Gasteiger partial charge >= 0.3 is 0 Å². The number of hydrogen-bond acceptors (Lipinski definition) is 5. The Hall–Kier alpha value is -2.64. The molecule has 0 atom stereocenters. The monoisotopic (exact) mass is 414 g/mol. The van der Waals surface area contributed by atoms with E-state index in [0.29, 0.717) is 29.6 Å². The van der Waals surface area contributed by atoms with Crippen LogP contribution < -0.4 is 19.3 Å². The Morgan fingerprint density at radius 3 is 2.72 bits per heavy atom. The number of anilines is 1. The number of hydrogen-bond donors (Lipinski definition) is 1. The number of carbonyl (C=O) groups excluding carboxylic acids is 1. The molecule has 0 saturated carbocycles. The van der Waals surface area contributed by atoms with Crippen molar-refractivity contribution < 1.29 is 19.2 Å². The van der Waals surface area contributed by atoms with E-state index in [1.165, 1.54) is 16.2 Å². The molecule has 1 amide bonds. The van der Waals surface area contributed by atoms with Gasteiger partial charge in [-0.3, -0.25) is 9.69 Å². The van der Waals surface area contributed by atoms with Crippen LogP contribution in [0.25, 0.3) is 10.2 Å². The molecular formula is C22H28N3O3S+. The van der Waals surface area contributed by atoms with E-state index >= 15 is 0 Å². The molecule has 0 aliphatic carbocycles. The highest BCUT2D eigenvalue weighted by molar-refractivity contribution is 7.22. The Morgan fingerprint density at radius 1 is 1.21 bits per heavy atom. The van der Waals surface area contributed by atoms with Crippen molar-refractivity contribution in [3.05, 3.63) is 48.0 Å². The molecule has 0 aliphatic heterocycles. The number of para-hydroxylation sites is 1. The number of amides is 1. The molecule has 154 valence electrons. The third kappa shape index (κ3) is 5.05. The van der Waals surface area contributed by atoms with Crippen molar-refractivity contribution in [2.75, 3.05) is 45.8 Å². The van der Waals surface area contributed by atoms with Gasteiger partial charge in [-0.2, -0.15) is 0 Å². The lowest BCUT2D eigenvalue weighted by atomic mass is 10.2. The fourth-order valence-corrected chi connectivity index (χ4v) is 4.09. The summed E-state index contributed by atoms with van der Waals surface area (Å²) in [5, 5.41) is 0.689. The molecule has 0 aliphatic rings. The van der Waals surface area contributed by atoms with E-state index in [-0.39, 0.29) is 5.91 Å². The van der Waals surface area contributed by atoms with Crippen LogP contribution in [0.5, 0.6) is 11.5 Å². The van der Waals surface area contributed by atoms with Gasteiger partial charge in [0.05, 0.1) is 39.1 Å². The van der Waals surface area contributed by atoms with Crippen LogP contribution in [-0.4, -0.2) is 51.8 Å². The highest BCUT2D eigenvalue weighted by Gasteiger charge is 2.22. The van der Waals surface area contributed by atoms with Crippen LogP contribution in [0.2, 0.25) is 0 Å². The van der Waals surface area contributed by atoms with Crippen molar-refractivity contribution >= 4 is 32.6 Å². The molecule has 0 unspecified atom stereocenters. The predicted molar refractivity (Wildman–Crippen MR) is 118 cm³/mol. The largest absolute Gasteiger partial charge is 0.497 e. The lowest BCUT2D eigenvalue weighted by Crippen LogP contribution is -3.05. The van der Waals surface area contributed by atoms with Gasteiger partial charge < -0.3 is 14.4 Å². The standard InChI is InChI=1S/C22H27N3O3S/c1-5-28-18-11-7-12-19-20(18)23-22(29-19)25(14-8-13-24(2)3)21(26)16-9-6-10-17(15-16)27-4/h6-7,9-12,15H,5,8,13-14H2,1-4H3/p+1. The number of carbonyl (C=O) groups is 1. The smallest absolute Gasteiger partial charge is 0.260 e. The second-order valence-corrected chi connectivity index (χ2v) is 8.04.